The molecule has 0 bridgehead atoms. The van der Waals surface area contributed by atoms with E-state index in [0.29, 0.717) is 34.7 Å². The second-order valence-corrected chi connectivity index (χ2v) is 7.09. The molecule has 2 aromatic carbocycles. The summed E-state index contributed by atoms with van der Waals surface area (Å²) in [5.41, 5.74) is 1.28. The van der Waals surface area contributed by atoms with Crippen LogP contribution in [-0.2, 0) is 11.0 Å². The highest BCUT2D eigenvalue weighted by molar-refractivity contribution is 6.32. The van der Waals surface area contributed by atoms with Gasteiger partial charge in [0.1, 0.15) is 11.5 Å². The van der Waals surface area contributed by atoms with Gasteiger partial charge in [-0.25, -0.2) is 0 Å². The molecule has 4 nitrogen and oxygen atoms in total. The fraction of sp³-hybridized carbons (Fsp3) is 0.167. The number of amides is 1. The molecule has 0 fully saturated rings. The van der Waals surface area contributed by atoms with Crippen LogP contribution in [0.3, 0.4) is 0 Å². The lowest BCUT2D eigenvalue weighted by Crippen LogP contribution is -2.21. The molecule has 1 aliphatic heterocycles. The molecule has 1 aliphatic rings. The second kappa shape index (κ2) is 8.26. The third-order valence-electron chi connectivity index (χ3n) is 4.83. The first-order chi connectivity index (χ1) is 14.9. The van der Waals surface area contributed by atoms with Crippen molar-refractivity contribution in [1.29, 1.82) is 0 Å². The number of carbonyl (C=O) groups excluding carboxylic acids is 1. The van der Waals surface area contributed by atoms with E-state index in [1.807, 2.05) is 25.1 Å². The minimum Gasteiger partial charge on any atom is -0.457 e. The van der Waals surface area contributed by atoms with E-state index < -0.39 is 11.7 Å². The van der Waals surface area contributed by atoms with Gasteiger partial charge in [-0.15, -0.1) is 0 Å². The zero-order valence-corrected chi connectivity index (χ0v) is 16.7. The van der Waals surface area contributed by atoms with Crippen LogP contribution in [0.2, 0.25) is 0 Å². The van der Waals surface area contributed by atoms with E-state index >= 15 is 0 Å². The SMILES string of the molecule is CCCC1=NN(c2ccccc2)C(=O)/C1=C\c1ccc(-c2cccc(C(F)(F)F)c2)o1. The Labute approximate surface area is 177 Å². The molecule has 0 saturated heterocycles. The van der Waals surface area contributed by atoms with Gasteiger partial charge in [0.2, 0.25) is 0 Å². The van der Waals surface area contributed by atoms with Crippen molar-refractivity contribution >= 4 is 23.4 Å². The monoisotopic (exact) mass is 424 g/mol. The van der Waals surface area contributed by atoms with Crippen LogP contribution < -0.4 is 5.01 Å². The zero-order valence-electron chi connectivity index (χ0n) is 16.7. The molecule has 0 spiro atoms. The smallest absolute Gasteiger partial charge is 0.416 e. The van der Waals surface area contributed by atoms with Gasteiger partial charge in [-0.1, -0.05) is 43.7 Å². The van der Waals surface area contributed by atoms with E-state index in [2.05, 4.69) is 5.10 Å². The molecule has 31 heavy (non-hydrogen) atoms. The maximum Gasteiger partial charge on any atom is 0.416 e. The quantitative estimate of drug-likeness (QED) is 0.436. The topological polar surface area (TPSA) is 45.8 Å². The first kappa shape index (κ1) is 20.7. The predicted octanol–water partition coefficient (Wildman–Crippen LogP) is 6.55. The summed E-state index contributed by atoms with van der Waals surface area (Å²) in [6.45, 7) is 1.99. The fourth-order valence-electron chi connectivity index (χ4n) is 3.34. The number of nitrogens with zero attached hydrogens (tertiary/aromatic N) is 2. The number of para-hydroxylation sites is 1. The molecule has 4 rings (SSSR count). The summed E-state index contributed by atoms with van der Waals surface area (Å²) in [5.74, 6) is 0.387. The molecule has 2 heterocycles. The number of anilines is 1. The third-order valence-corrected chi connectivity index (χ3v) is 4.83. The Morgan fingerprint density at radius 2 is 1.81 bits per heavy atom. The Morgan fingerprint density at radius 1 is 1.03 bits per heavy atom. The highest BCUT2D eigenvalue weighted by Crippen LogP contribution is 2.33. The number of halogens is 3. The van der Waals surface area contributed by atoms with Gasteiger partial charge >= 0.3 is 6.18 Å². The van der Waals surface area contributed by atoms with E-state index in [9.17, 15) is 18.0 Å². The van der Waals surface area contributed by atoms with Crippen molar-refractivity contribution in [2.24, 2.45) is 5.10 Å². The van der Waals surface area contributed by atoms with E-state index in [4.69, 9.17) is 4.42 Å². The summed E-state index contributed by atoms with van der Waals surface area (Å²) in [6, 6.07) is 17.3. The largest absolute Gasteiger partial charge is 0.457 e. The molecular formula is C24H19F3N2O2. The number of rotatable bonds is 5. The van der Waals surface area contributed by atoms with Crippen LogP contribution in [0.25, 0.3) is 17.4 Å². The number of carbonyl (C=O) groups is 1. The van der Waals surface area contributed by atoms with Crippen molar-refractivity contribution in [1.82, 2.24) is 0 Å². The Morgan fingerprint density at radius 3 is 2.52 bits per heavy atom. The zero-order chi connectivity index (χ0) is 22.0. The molecule has 1 aromatic heterocycles. The first-order valence-corrected chi connectivity index (χ1v) is 9.83. The molecule has 3 aromatic rings. The van der Waals surface area contributed by atoms with E-state index in [1.54, 1.807) is 36.4 Å². The van der Waals surface area contributed by atoms with Crippen LogP contribution >= 0.6 is 0 Å². The lowest BCUT2D eigenvalue weighted by Gasteiger charge is -2.10. The summed E-state index contributed by atoms with van der Waals surface area (Å²) in [4.78, 5) is 13.0. The fourth-order valence-corrected chi connectivity index (χ4v) is 3.34. The Balaban J connectivity index is 1.65. The molecule has 0 unspecified atom stereocenters. The van der Waals surface area contributed by atoms with Crippen molar-refractivity contribution in [2.75, 3.05) is 5.01 Å². The number of alkyl halides is 3. The lowest BCUT2D eigenvalue weighted by molar-refractivity contribution is -0.137. The van der Waals surface area contributed by atoms with Crippen molar-refractivity contribution in [3.05, 3.63) is 83.6 Å². The van der Waals surface area contributed by atoms with Gasteiger partial charge in [-0.3, -0.25) is 4.79 Å². The Kier molecular flexibility index (Phi) is 5.50. The maximum absolute atomic E-state index is 13.0. The Hall–Kier alpha value is -3.61. The van der Waals surface area contributed by atoms with Crippen LogP contribution in [0.4, 0.5) is 18.9 Å². The van der Waals surface area contributed by atoms with E-state index in [1.165, 1.54) is 11.1 Å². The van der Waals surface area contributed by atoms with Gasteiger partial charge in [0, 0.05) is 5.56 Å². The van der Waals surface area contributed by atoms with Gasteiger partial charge in [-0.05, 0) is 48.9 Å². The van der Waals surface area contributed by atoms with E-state index in [0.717, 1.165) is 18.6 Å². The molecule has 7 heteroatoms. The summed E-state index contributed by atoms with van der Waals surface area (Å²) < 4.78 is 44.7. The number of furan rings is 1. The van der Waals surface area contributed by atoms with Crippen LogP contribution in [0, 0.1) is 0 Å². The van der Waals surface area contributed by atoms with Crippen molar-refractivity contribution in [3.8, 4) is 11.3 Å². The van der Waals surface area contributed by atoms with E-state index in [-0.39, 0.29) is 11.7 Å². The molecule has 0 atom stereocenters. The van der Waals surface area contributed by atoms with Crippen LogP contribution in [0.5, 0.6) is 0 Å². The number of hydrogen-bond acceptors (Lipinski definition) is 3. The van der Waals surface area contributed by atoms with Crippen molar-refractivity contribution in [3.63, 3.8) is 0 Å². The normalized spacial score (nSPS) is 15.6. The minimum atomic E-state index is -4.43. The van der Waals surface area contributed by atoms with Gasteiger partial charge in [0.15, 0.2) is 0 Å². The molecular weight excluding hydrogens is 405 g/mol. The average molecular weight is 424 g/mol. The summed E-state index contributed by atoms with van der Waals surface area (Å²) >= 11 is 0. The molecule has 1 amide bonds. The molecule has 158 valence electrons. The van der Waals surface area contributed by atoms with Gasteiger partial charge in [0.05, 0.1) is 22.5 Å². The molecule has 0 aliphatic carbocycles. The van der Waals surface area contributed by atoms with Crippen LogP contribution in [0.15, 0.2) is 81.8 Å². The summed E-state index contributed by atoms with van der Waals surface area (Å²) in [6.07, 6.45) is -1.42. The third kappa shape index (κ3) is 4.30. The lowest BCUT2D eigenvalue weighted by atomic mass is 10.1. The standard InChI is InChI=1S/C24H19F3N2O2/c1-2-7-21-20(23(30)29(28-21)18-10-4-3-5-11-18)15-19-12-13-22(31-19)16-8-6-9-17(14-16)24(25,26)27/h3-6,8-15H,2,7H2,1H3/b20-15-. The van der Waals surface area contributed by atoms with Crippen molar-refractivity contribution in [2.45, 2.75) is 25.9 Å². The highest BCUT2D eigenvalue weighted by Gasteiger charge is 2.32. The van der Waals surface area contributed by atoms with Gasteiger partial charge in [-0.2, -0.15) is 23.3 Å². The first-order valence-electron chi connectivity index (χ1n) is 9.83. The summed E-state index contributed by atoms with van der Waals surface area (Å²) in [7, 11) is 0. The van der Waals surface area contributed by atoms with Crippen LogP contribution in [0.1, 0.15) is 31.1 Å². The molecule has 0 N–H and O–H groups in total. The van der Waals surface area contributed by atoms with Gasteiger partial charge < -0.3 is 4.42 Å². The number of benzene rings is 2. The Bertz CT molecular complexity index is 1160. The second-order valence-electron chi connectivity index (χ2n) is 7.09. The maximum atomic E-state index is 13.0. The van der Waals surface area contributed by atoms with Crippen molar-refractivity contribution < 1.29 is 22.4 Å². The number of hydrazone groups is 1. The average Bonchev–Trinajstić information content (AvgIpc) is 3.35. The highest BCUT2D eigenvalue weighted by atomic mass is 19.4. The minimum absolute atomic E-state index is 0.272. The van der Waals surface area contributed by atoms with Gasteiger partial charge in [0.25, 0.3) is 5.91 Å². The van der Waals surface area contributed by atoms with Crippen LogP contribution in [-0.4, -0.2) is 11.6 Å². The summed E-state index contributed by atoms with van der Waals surface area (Å²) in [5, 5.41) is 5.83. The predicted molar refractivity (Wildman–Crippen MR) is 113 cm³/mol. The molecule has 0 radical (unpaired) electrons. The molecule has 0 saturated carbocycles. The number of hydrogen-bond donors (Lipinski definition) is 0.